The standard InChI is InChI=1S/C24H34O7S2.Na/c1-2-3-4-5-6-7-8-9-10-11-16-21-17-12-13-18-22(21)30-31-33(28,29)24-20-15-14-19-23(24)32(25,26)27;/h12-15,17-20H,2-11,16H2,1H3,(H,25,26,27);/q;+1/p-1. The SMILES string of the molecule is CCCCCCCCCCCCc1ccccc1OOS(=O)(=O)c1ccccc1S(=O)(=O)[O-].[Na+]. The zero-order chi connectivity index (χ0) is 24.2. The third-order valence-corrected chi connectivity index (χ3v) is 7.54. The molecule has 184 valence electrons. The van der Waals surface area contributed by atoms with E-state index in [1.54, 1.807) is 12.1 Å². The van der Waals surface area contributed by atoms with Crippen molar-refractivity contribution in [3.8, 4) is 5.75 Å². The first-order valence-electron chi connectivity index (χ1n) is 11.5. The zero-order valence-corrected chi connectivity index (χ0v) is 23.7. The molecule has 2 aromatic carbocycles. The third-order valence-electron chi connectivity index (χ3n) is 5.37. The summed E-state index contributed by atoms with van der Waals surface area (Å²) in [5.74, 6) is 0.236. The van der Waals surface area contributed by atoms with E-state index in [1.807, 2.05) is 12.1 Å². The van der Waals surface area contributed by atoms with Crippen LogP contribution in [0, 0.1) is 0 Å². The number of unbranched alkanes of at least 4 members (excludes halogenated alkanes) is 9. The minimum Gasteiger partial charge on any atom is -0.744 e. The van der Waals surface area contributed by atoms with Crippen LogP contribution >= 0.6 is 0 Å². The average molecular weight is 521 g/mol. The predicted octanol–water partition coefficient (Wildman–Crippen LogP) is 2.76. The van der Waals surface area contributed by atoms with Gasteiger partial charge in [0.25, 0.3) is 0 Å². The smallest absolute Gasteiger partial charge is 0.744 e. The van der Waals surface area contributed by atoms with E-state index in [0.29, 0.717) is 6.42 Å². The molecule has 0 saturated carbocycles. The molecule has 0 aliphatic carbocycles. The van der Waals surface area contributed by atoms with Gasteiger partial charge in [0, 0.05) is 0 Å². The van der Waals surface area contributed by atoms with Crippen LogP contribution in [0.15, 0.2) is 58.3 Å². The molecule has 0 aliphatic heterocycles. The fraction of sp³-hybridized carbons (Fsp3) is 0.500. The quantitative estimate of drug-likeness (QED) is 0.110. The van der Waals surface area contributed by atoms with Gasteiger partial charge in [0.2, 0.25) is 0 Å². The van der Waals surface area contributed by atoms with E-state index in [0.717, 1.165) is 37.0 Å². The van der Waals surface area contributed by atoms with Crippen molar-refractivity contribution >= 4 is 20.2 Å². The summed E-state index contributed by atoms with van der Waals surface area (Å²) in [7, 11) is -9.63. The minimum atomic E-state index is -5.00. The summed E-state index contributed by atoms with van der Waals surface area (Å²) in [6.07, 6.45) is 12.8. The van der Waals surface area contributed by atoms with Gasteiger partial charge >= 0.3 is 39.7 Å². The molecule has 0 bridgehead atoms. The second kappa shape index (κ2) is 15.9. The monoisotopic (exact) mass is 520 g/mol. The summed E-state index contributed by atoms with van der Waals surface area (Å²) in [4.78, 5) is 3.44. The van der Waals surface area contributed by atoms with Crippen LogP contribution in [0.4, 0.5) is 0 Å². The molecule has 34 heavy (non-hydrogen) atoms. The molecule has 7 nitrogen and oxygen atoms in total. The predicted molar refractivity (Wildman–Crippen MR) is 125 cm³/mol. The number of hydrogen-bond donors (Lipinski definition) is 0. The Morgan fingerprint density at radius 1 is 0.706 bits per heavy atom. The number of rotatable bonds is 16. The second-order valence-electron chi connectivity index (χ2n) is 8.05. The Hall–Kier alpha value is -0.940. The molecule has 0 aromatic heterocycles. The fourth-order valence-electron chi connectivity index (χ4n) is 3.58. The van der Waals surface area contributed by atoms with Gasteiger partial charge in [0.15, 0.2) is 5.75 Å². The van der Waals surface area contributed by atoms with Gasteiger partial charge in [-0.1, -0.05) is 99.4 Å². The van der Waals surface area contributed by atoms with Gasteiger partial charge < -0.3 is 9.44 Å². The number of para-hydroxylation sites is 1. The van der Waals surface area contributed by atoms with Crippen LogP contribution in [0.2, 0.25) is 0 Å². The summed E-state index contributed by atoms with van der Waals surface area (Å²) >= 11 is 0. The molecule has 0 fully saturated rings. The van der Waals surface area contributed by atoms with E-state index in [9.17, 15) is 21.4 Å². The van der Waals surface area contributed by atoms with Crippen LogP contribution in [0.25, 0.3) is 0 Å². The first-order valence-corrected chi connectivity index (χ1v) is 14.3. The first kappa shape index (κ1) is 31.1. The van der Waals surface area contributed by atoms with Gasteiger partial charge in [-0.25, -0.2) is 8.42 Å². The molecule has 0 amide bonds. The van der Waals surface area contributed by atoms with Crippen LogP contribution in [-0.2, 0) is 31.0 Å². The van der Waals surface area contributed by atoms with Crippen molar-refractivity contribution in [1.29, 1.82) is 0 Å². The van der Waals surface area contributed by atoms with E-state index < -0.39 is 30.0 Å². The summed E-state index contributed by atoms with van der Waals surface area (Å²) in [6, 6.07) is 11.4. The Morgan fingerprint density at radius 3 is 1.79 bits per heavy atom. The van der Waals surface area contributed by atoms with Crippen molar-refractivity contribution in [2.75, 3.05) is 0 Å². The molecule has 0 atom stereocenters. The zero-order valence-electron chi connectivity index (χ0n) is 20.1. The number of benzene rings is 2. The Morgan fingerprint density at radius 2 is 1.21 bits per heavy atom. The van der Waals surface area contributed by atoms with Crippen molar-refractivity contribution in [2.45, 2.75) is 87.3 Å². The molecular weight excluding hydrogens is 487 g/mol. The normalized spacial score (nSPS) is 11.7. The van der Waals surface area contributed by atoms with E-state index in [4.69, 9.17) is 4.89 Å². The third kappa shape index (κ3) is 10.8. The fourth-order valence-corrected chi connectivity index (χ4v) is 5.54. The van der Waals surface area contributed by atoms with E-state index >= 15 is 0 Å². The van der Waals surface area contributed by atoms with Gasteiger partial charge in [0.05, 0.1) is 4.90 Å². The number of hydrogen-bond acceptors (Lipinski definition) is 7. The van der Waals surface area contributed by atoms with E-state index in [2.05, 4.69) is 11.3 Å². The van der Waals surface area contributed by atoms with Crippen molar-refractivity contribution in [3.05, 3.63) is 54.1 Å². The topological polar surface area (TPSA) is 110 Å². The minimum absolute atomic E-state index is 0. The molecule has 0 unspecified atom stereocenters. The van der Waals surface area contributed by atoms with Crippen LogP contribution < -0.4 is 34.4 Å². The molecule has 0 spiro atoms. The molecule has 0 radical (unpaired) electrons. The summed E-state index contributed by atoms with van der Waals surface area (Å²) in [5.41, 5.74) is 0.789. The Balaban J connectivity index is 0.00000578. The van der Waals surface area contributed by atoms with Gasteiger partial charge in [-0.2, -0.15) is 8.42 Å². The molecule has 0 N–H and O–H groups in total. The largest absolute Gasteiger partial charge is 1.00 e. The maximum atomic E-state index is 12.5. The maximum absolute atomic E-state index is 12.5. The molecule has 0 heterocycles. The summed E-state index contributed by atoms with van der Waals surface area (Å²) < 4.78 is 63.8. The van der Waals surface area contributed by atoms with E-state index in [1.165, 1.54) is 57.1 Å². The van der Waals surface area contributed by atoms with Crippen LogP contribution in [0.5, 0.6) is 5.75 Å². The van der Waals surface area contributed by atoms with Crippen molar-refractivity contribution < 1.29 is 60.2 Å². The molecule has 0 saturated heterocycles. The first-order chi connectivity index (χ1) is 15.8. The van der Waals surface area contributed by atoms with E-state index in [-0.39, 0.29) is 35.3 Å². The summed E-state index contributed by atoms with van der Waals surface area (Å²) in [6.45, 7) is 2.22. The molecular formula is C24H33NaO7S2. The van der Waals surface area contributed by atoms with Gasteiger partial charge in [-0.05, 0) is 36.6 Å². The second-order valence-corrected chi connectivity index (χ2v) is 10.9. The average Bonchev–Trinajstić information content (AvgIpc) is 2.79. The van der Waals surface area contributed by atoms with Gasteiger partial charge in [0.1, 0.15) is 15.0 Å². The molecule has 2 aromatic rings. The van der Waals surface area contributed by atoms with Crippen molar-refractivity contribution in [1.82, 2.24) is 0 Å². The van der Waals surface area contributed by atoms with Gasteiger partial charge in [-0.15, -0.1) is 0 Å². The molecule has 10 heteroatoms. The molecule has 2 rings (SSSR count). The van der Waals surface area contributed by atoms with Gasteiger partial charge in [-0.3, -0.25) is 0 Å². The van der Waals surface area contributed by atoms with Crippen molar-refractivity contribution in [2.24, 2.45) is 0 Å². The molecule has 0 aliphatic rings. The van der Waals surface area contributed by atoms with Crippen LogP contribution in [0.1, 0.15) is 76.7 Å². The number of aryl methyl sites for hydroxylation is 1. The Bertz CT molecular complexity index is 1070. The van der Waals surface area contributed by atoms with Crippen molar-refractivity contribution in [3.63, 3.8) is 0 Å². The Kier molecular flexibility index (Phi) is 14.6. The van der Waals surface area contributed by atoms with Crippen LogP contribution in [0.3, 0.4) is 0 Å². The maximum Gasteiger partial charge on any atom is 1.00 e. The van der Waals surface area contributed by atoms with Crippen LogP contribution in [-0.4, -0.2) is 21.4 Å². The summed E-state index contributed by atoms with van der Waals surface area (Å²) in [5, 5.41) is 0. The Labute approximate surface area is 226 Å².